The van der Waals surface area contributed by atoms with Crippen molar-refractivity contribution in [3.8, 4) is 11.5 Å². The van der Waals surface area contributed by atoms with E-state index in [9.17, 15) is 15.0 Å². The maximum Gasteiger partial charge on any atom is 0.227 e. The highest BCUT2D eigenvalue weighted by Gasteiger charge is 2.30. The largest absolute Gasteiger partial charge is 0.508 e. The van der Waals surface area contributed by atoms with E-state index >= 15 is 0 Å². The minimum Gasteiger partial charge on any atom is -0.508 e. The molecule has 1 aromatic rings. The van der Waals surface area contributed by atoms with Gasteiger partial charge in [-0.2, -0.15) is 0 Å². The first-order valence-electron chi connectivity index (χ1n) is 4.99. The number of carbonyl (C=O) groups excluding carboxylic acids is 1. The highest BCUT2D eigenvalue weighted by Crippen LogP contribution is 2.31. The smallest absolute Gasteiger partial charge is 0.227 e. The van der Waals surface area contributed by atoms with Crippen LogP contribution in [0.2, 0.25) is 0 Å². The summed E-state index contributed by atoms with van der Waals surface area (Å²) >= 11 is 3.36. The van der Waals surface area contributed by atoms with Crippen molar-refractivity contribution in [2.24, 2.45) is 5.92 Å². The van der Waals surface area contributed by atoms with Gasteiger partial charge in [-0.05, 0) is 5.92 Å². The van der Waals surface area contributed by atoms with Crippen molar-refractivity contribution in [2.75, 3.05) is 16.8 Å². The zero-order chi connectivity index (χ0) is 11.7. The van der Waals surface area contributed by atoms with Gasteiger partial charge in [-0.3, -0.25) is 4.79 Å². The van der Waals surface area contributed by atoms with Gasteiger partial charge in [0.15, 0.2) is 0 Å². The number of amides is 1. The number of rotatable bonds is 2. The first kappa shape index (κ1) is 11.3. The van der Waals surface area contributed by atoms with E-state index in [1.165, 1.54) is 18.2 Å². The molecule has 5 heteroatoms. The molecule has 1 saturated heterocycles. The van der Waals surface area contributed by atoms with Crippen molar-refractivity contribution in [1.82, 2.24) is 0 Å². The molecule has 1 atom stereocenters. The summed E-state index contributed by atoms with van der Waals surface area (Å²) in [5, 5.41) is 19.5. The van der Waals surface area contributed by atoms with Crippen LogP contribution < -0.4 is 4.90 Å². The van der Waals surface area contributed by atoms with Gasteiger partial charge in [0.25, 0.3) is 0 Å². The van der Waals surface area contributed by atoms with Crippen LogP contribution >= 0.6 is 15.9 Å². The number of phenolic OH excluding ortho intramolecular Hbond substituents is 2. The molecule has 0 aliphatic carbocycles. The third-order valence-electron chi connectivity index (χ3n) is 2.62. The number of hydrogen-bond donors (Lipinski definition) is 2. The Kier molecular flexibility index (Phi) is 3.05. The second-order valence-corrected chi connectivity index (χ2v) is 4.58. The van der Waals surface area contributed by atoms with Crippen LogP contribution in [-0.2, 0) is 4.79 Å². The summed E-state index contributed by atoms with van der Waals surface area (Å²) in [4.78, 5) is 13.3. The molecule has 0 aromatic heterocycles. The minimum atomic E-state index is -0.0370. The molecule has 2 rings (SSSR count). The third-order valence-corrected chi connectivity index (χ3v) is 3.54. The third kappa shape index (κ3) is 2.14. The quantitative estimate of drug-likeness (QED) is 0.816. The topological polar surface area (TPSA) is 60.8 Å². The number of carbonyl (C=O) groups is 1. The van der Waals surface area contributed by atoms with E-state index in [0.717, 1.165) is 5.33 Å². The van der Waals surface area contributed by atoms with Gasteiger partial charge in [0.05, 0.1) is 5.69 Å². The molecule has 0 saturated carbocycles. The van der Waals surface area contributed by atoms with E-state index in [4.69, 9.17) is 0 Å². The Hall–Kier alpha value is -1.23. The van der Waals surface area contributed by atoms with Gasteiger partial charge in [0.1, 0.15) is 11.5 Å². The number of anilines is 1. The fourth-order valence-electron chi connectivity index (χ4n) is 1.87. The van der Waals surface area contributed by atoms with Gasteiger partial charge in [0, 0.05) is 36.5 Å². The van der Waals surface area contributed by atoms with Crippen LogP contribution in [0.25, 0.3) is 0 Å². The van der Waals surface area contributed by atoms with Crippen molar-refractivity contribution in [3.05, 3.63) is 18.2 Å². The summed E-state index contributed by atoms with van der Waals surface area (Å²) in [6.45, 7) is 0.618. The molecule has 1 aromatic carbocycles. The first-order valence-corrected chi connectivity index (χ1v) is 6.11. The van der Waals surface area contributed by atoms with Crippen molar-refractivity contribution in [3.63, 3.8) is 0 Å². The number of hydrogen-bond acceptors (Lipinski definition) is 3. The van der Waals surface area contributed by atoms with Gasteiger partial charge in [-0.25, -0.2) is 0 Å². The van der Waals surface area contributed by atoms with E-state index in [1.807, 2.05) is 0 Å². The zero-order valence-corrected chi connectivity index (χ0v) is 10.1. The van der Waals surface area contributed by atoms with Crippen LogP contribution in [0.15, 0.2) is 18.2 Å². The lowest BCUT2D eigenvalue weighted by Gasteiger charge is -2.16. The molecule has 1 fully saturated rings. The summed E-state index contributed by atoms with van der Waals surface area (Å²) in [6, 6.07) is 4.20. The number of phenols is 2. The van der Waals surface area contributed by atoms with Crippen LogP contribution in [0.5, 0.6) is 11.5 Å². The fourth-order valence-corrected chi connectivity index (χ4v) is 2.30. The van der Waals surface area contributed by atoms with Crippen molar-refractivity contribution < 1.29 is 15.0 Å². The Morgan fingerprint density at radius 3 is 2.44 bits per heavy atom. The maximum absolute atomic E-state index is 11.7. The molecule has 0 radical (unpaired) electrons. The minimum absolute atomic E-state index is 0.0226. The second-order valence-electron chi connectivity index (χ2n) is 3.94. The van der Waals surface area contributed by atoms with Gasteiger partial charge in [-0.15, -0.1) is 0 Å². The van der Waals surface area contributed by atoms with Crippen LogP contribution in [-0.4, -0.2) is 28.0 Å². The molecule has 2 N–H and O–H groups in total. The number of halogens is 1. The summed E-state index contributed by atoms with van der Waals surface area (Å²) < 4.78 is 0. The molecule has 1 unspecified atom stereocenters. The summed E-state index contributed by atoms with van der Waals surface area (Å²) in [6.07, 6.45) is 0.502. The molecule has 1 aliphatic heterocycles. The van der Waals surface area contributed by atoms with E-state index < -0.39 is 0 Å². The first-order chi connectivity index (χ1) is 7.60. The summed E-state index contributed by atoms with van der Waals surface area (Å²) in [5.74, 6) is 0.238. The van der Waals surface area contributed by atoms with Crippen molar-refractivity contribution in [2.45, 2.75) is 6.42 Å². The van der Waals surface area contributed by atoms with Crippen molar-refractivity contribution in [1.29, 1.82) is 0 Å². The van der Waals surface area contributed by atoms with Gasteiger partial charge >= 0.3 is 0 Å². The van der Waals surface area contributed by atoms with Crippen LogP contribution in [0, 0.1) is 5.92 Å². The monoisotopic (exact) mass is 285 g/mol. The lowest BCUT2D eigenvalue weighted by Crippen LogP contribution is -2.24. The molecule has 1 amide bonds. The molecule has 16 heavy (non-hydrogen) atoms. The molecule has 1 heterocycles. The van der Waals surface area contributed by atoms with E-state index in [-0.39, 0.29) is 23.3 Å². The van der Waals surface area contributed by atoms with Crippen LogP contribution in [0.1, 0.15) is 6.42 Å². The summed E-state index contributed by atoms with van der Waals surface area (Å²) in [7, 11) is 0. The normalized spacial score (nSPS) is 20.4. The average Bonchev–Trinajstić information content (AvgIpc) is 2.58. The maximum atomic E-state index is 11.7. The van der Waals surface area contributed by atoms with Crippen LogP contribution in [0.4, 0.5) is 5.69 Å². The molecule has 4 nitrogen and oxygen atoms in total. The Labute approximate surface area is 102 Å². The predicted octanol–water partition coefficient (Wildman–Crippen LogP) is 1.85. The van der Waals surface area contributed by atoms with E-state index in [2.05, 4.69) is 15.9 Å². The SMILES string of the molecule is O=C1CC(CBr)CN1c1cc(O)cc(O)c1. The number of nitrogens with zero attached hydrogens (tertiary/aromatic N) is 1. The molecule has 1 aliphatic rings. The zero-order valence-electron chi connectivity index (χ0n) is 8.56. The fraction of sp³-hybridized carbons (Fsp3) is 0.364. The highest BCUT2D eigenvalue weighted by molar-refractivity contribution is 9.09. The Morgan fingerprint density at radius 1 is 1.31 bits per heavy atom. The molecule has 86 valence electrons. The lowest BCUT2D eigenvalue weighted by atomic mass is 10.2. The van der Waals surface area contributed by atoms with Crippen LogP contribution in [0.3, 0.4) is 0 Å². The Balaban J connectivity index is 2.27. The molecule has 0 spiro atoms. The second kappa shape index (κ2) is 4.33. The Morgan fingerprint density at radius 2 is 1.94 bits per heavy atom. The standard InChI is InChI=1S/C11H12BrNO3/c12-5-7-1-11(16)13(6-7)8-2-9(14)4-10(15)3-8/h2-4,7,14-15H,1,5-6H2. The number of aromatic hydroxyl groups is 2. The highest BCUT2D eigenvalue weighted by atomic mass is 79.9. The Bertz CT molecular complexity index is 401. The van der Waals surface area contributed by atoms with E-state index in [0.29, 0.717) is 18.7 Å². The van der Waals surface area contributed by atoms with E-state index in [1.54, 1.807) is 4.90 Å². The molecular formula is C11H12BrNO3. The summed E-state index contributed by atoms with van der Waals surface area (Å²) in [5.41, 5.74) is 0.547. The van der Waals surface area contributed by atoms with Gasteiger partial charge in [0.2, 0.25) is 5.91 Å². The lowest BCUT2D eigenvalue weighted by molar-refractivity contribution is -0.117. The molecular weight excluding hydrogens is 274 g/mol. The number of alkyl halides is 1. The van der Waals surface area contributed by atoms with Gasteiger partial charge < -0.3 is 15.1 Å². The van der Waals surface area contributed by atoms with Crippen molar-refractivity contribution >= 4 is 27.5 Å². The average molecular weight is 286 g/mol. The number of benzene rings is 1. The molecule has 0 bridgehead atoms. The predicted molar refractivity (Wildman–Crippen MR) is 64.0 cm³/mol. The van der Waals surface area contributed by atoms with Gasteiger partial charge in [-0.1, -0.05) is 15.9 Å².